The van der Waals surface area contributed by atoms with Gasteiger partial charge in [0.05, 0.1) is 24.5 Å². The molecule has 4 rings (SSSR count). The van der Waals surface area contributed by atoms with Crippen molar-refractivity contribution in [2.24, 2.45) is 0 Å². The van der Waals surface area contributed by atoms with Crippen LogP contribution in [0.2, 0.25) is 0 Å². The van der Waals surface area contributed by atoms with Crippen molar-refractivity contribution < 1.29 is 17.9 Å². The van der Waals surface area contributed by atoms with Crippen molar-refractivity contribution in [1.82, 2.24) is 4.31 Å². The fourth-order valence-electron chi connectivity index (χ4n) is 4.05. The van der Waals surface area contributed by atoms with Crippen LogP contribution in [0.25, 0.3) is 0 Å². The lowest BCUT2D eigenvalue weighted by molar-refractivity contribution is -0.141. The zero-order valence-corrected chi connectivity index (χ0v) is 19.1. The van der Waals surface area contributed by atoms with E-state index in [-0.39, 0.29) is 11.3 Å². The van der Waals surface area contributed by atoms with E-state index in [9.17, 15) is 13.2 Å². The first-order chi connectivity index (χ1) is 15.3. The number of anilines is 1. The molecule has 0 spiro atoms. The molecule has 3 aromatic carbocycles. The molecule has 0 unspecified atom stereocenters. The number of hydrogen-bond acceptors (Lipinski definition) is 5. The standard InChI is InChI=1S/C25H26N2O4S/c1-17-8-12-19(13-9-17)26-25-22-7-5-4-6-21(22)23(16-24(28)31-3)27(25)32(29,30)20-14-10-18(2)11-15-20/h4-15,23,25-26H,16H2,1-3H3/t23-,25-/m1/s1. The first-order valence-electron chi connectivity index (χ1n) is 10.4. The second kappa shape index (κ2) is 8.76. The molecule has 0 saturated carbocycles. The second-order valence-electron chi connectivity index (χ2n) is 7.99. The lowest BCUT2D eigenvalue weighted by Crippen LogP contribution is -2.37. The first-order valence-corrected chi connectivity index (χ1v) is 11.8. The van der Waals surface area contributed by atoms with E-state index >= 15 is 0 Å². The fraction of sp³-hybridized carbons (Fsp3) is 0.240. The van der Waals surface area contributed by atoms with E-state index in [0.717, 1.165) is 27.9 Å². The van der Waals surface area contributed by atoms with Crippen LogP contribution in [-0.4, -0.2) is 25.8 Å². The highest BCUT2D eigenvalue weighted by Gasteiger charge is 2.46. The van der Waals surface area contributed by atoms with E-state index < -0.39 is 28.2 Å². The molecule has 3 aromatic rings. The number of carbonyl (C=O) groups is 1. The molecule has 0 aliphatic carbocycles. The average Bonchev–Trinajstić information content (AvgIpc) is 3.09. The Labute approximate surface area is 188 Å². The van der Waals surface area contributed by atoms with Crippen molar-refractivity contribution in [3.63, 3.8) is 0 Å². The third kappa shape index (κ3) is 4.13. The van der Waals surface area contributed by atoms with E-state index in [1.54, 1.807) is 24.3 Å². The van der Waals surface area contributed by atoms with Gasteiger partial charge in [0, 0.05) is 5.69 Å². The van der Waals surface area contributed by atoms with Gasteiger partial charge in [0.25, 0.3) is 0 Å². The maximum Gasteiger partial charge on any atom is 0.307 e. The Morgan fingerprint density at radius 1 is 0.906 bits per heavy atom. The summed E-state index contributed by atoms with van der Waals surface area (Å²) < 4.78 is 34.1. The van der Waals surface area contributed by atoms with Crippen molar-refractivity contribution in [3.8, 4) is 0 Å². The van der Waals surface area contributed by atoms with Crippen LogP contribution in [0.1, 0.15) is 40.9 Å². The van der Waals surface area contributed by atoms with Gasteiger partial charge in [-0.2, -0.15) is 4.31 Å². The summed E-state index contributed by atoms with van der Waals surface area (Å²) in [5.41, 5.74) is 4.47. The molecular formula is C25H26N2O4S. The number of sulfonamides is 1. The quantitative estimate of drug-likeness (QED) is 0.550. The van der Waals surface area contributed by atoms with Crippen LogP contribution in [0.4, 0.5) is 5.69 Å². The summed E-state index contributed by atoms with van der Waals surface area (Å²) in [6.45, 7) is 3.90. The average molecular weight is 451 g/mol. The van der Waals surface area contributed by atoms with Gasteiger partial charge in [-0.3, -0.25) is 4.79 Å². The highest BCUT2D eigenvalue weighted by atomic mass is 32.2. The second-order valence-corrected chi connectivity index (χ2v) is 9.83. The minimum absolute atomic E-state index is 0.0787. The molecule has 7 heteroatoms. The minimum Gasteiger partial charge on any atom is -0.469 e. The van der Waals surface area contributed by atoms with Gasteiger partial charge >= 0.3 is 5.97 Å². The molecule has 166 valence electrons. The van der Waals surface area contributed by atoms with Gasteiger partial charge in [-0.05, 0) is 49.2 Å². The highest BCUT2D eigenvalue weighted by Crippen LogP contribution is 2.47. The number of benzene rings is 3. The van der Waals surface area contributed by atoms with Gasteiger partial charge in [-0.25, -0.2) is 8.42 Å². The Morgan fingerprint density at radius 3 is 2.06 bits per heavy atom. The molecule has 0 bridgehead atoms. The molecule has 1 N–H and O–H groups in total. The van der Waals surface area contributed by atoms with Crippen LogP contribution in [0.3, 0.4) is 0 Å². The molecule has 32 heavy (non-hydrogen) atoms. The molecule has 6 nitrogen and oxygen atoms in total. The van der Waals surface area contributed by atoms with Crippen LogP contribution in [0.5, 0.6) is 0 Å². The van der Waals surface area contributed by atoms with Crippen LogP contribution >= 0.6 is 0 Å². The molecular weight excluding hydrogens is 424 g/mol. The third-order valence-corrected chi connectivity index (χ3v) is 7.64. The number of esters is 1. The Kier molecular flexibility index (Phi) is 6.04. The van der Waals surface area contributed by atoms with E-state index in [0.29, 0.717) is 0 Å². The number of nitrogens with one attached hydrogen (secondary N) is 1. The van der Waals surface area contributed by atoms with Gasteiger partial charge in [-0.1, -0.05) is 59.7 Å². The number of hydrogen-bond donors (Lipinski definition) is 1. The number of methoxy groups -OCH3 is 1. The number of rotatable bonds is 6. The molecule has 0 saturated heterocycles. The van der Waals surface area contributed by atoms with Gasteiger partial charge in [-0.15, -0.1) is 0 Å². The Hall–Kier alpha value is -3.16. The largest absolute Gasteiger partial charge is 0.469 e. The summed E-state index contributed by atoms with van der Waals surface area (Å²) in [4.78, 5) is 12.5. The lowest BCUT2D eigenvalue weighted by atomic mass is 10.0. The normalized spacial score (nSPS) is 18.2. The summed E-state index contributed by atoms with van der Waals surface area (Å²) >= 11 is 0. The van der Waals surface area contributed by atoms with Crippen LogP contribution in [-0.2, 0) is 19.6 Å². The number of fused-ring (bicyclic) bond motifs is 1. The van der Waals surface area contributed by atoms with Crippen molar-refractivity contribution in [2.45, 2.75) is 37.4 Å². The summed E-state index contributed by atoms with van der Waals surface area (Å²) in [6.07, 6.45) is -0.750. The predicted octanol–water partition coefficient (Wildman–Crippen LogP) is 4.72. The predicted molar refractivity (Wildman–Crippen MR) is 124 cm³/mol. The molecule has 1 aliphatic rings. The van der Waals surface area contributed by atoms with Gasteiger partial charge in [0.15, 0.2) is 0 Å². The molecule has 1 aliphatic heterocycles. The van der Waals surface area contributed by atoms with Crippen LogP contribution in [0, 0.1) is 13.8 Å². The van der Waals surface area contributed by atoms with E-state index in [1.165, 1.54) is 11.4 Å². The Morgan fingerprint density at radius 2 is 1.47 bits per heavy atom. The zero-order chi connectivity index (χ0) is 22.9. The molecule has 0 radical (unpaired) electrons. The summed E-state index contributed by atoms with van der Waals surface area (Å²) in [5.74, 6) is -0.468. The van der Waals surface area contributed by atoms with Crippen LogP contribution < -0.4 is 5.32 Å². The number of aryl methyl sites for hydroxylation is 2. The number of nitrogens with zero attached hydrogens (tertiary/aromatic N) is 1. The smallest absolute Gasteiger partial charge is 0.307 e. The molecule has 0 aromatic heterocycles. The maximum absolute atomic E-state index is 13.9. The highest BCUT2D eigenvalue weighted by molar-refractivity contribution is 7.89. The maximum atomic E-state index is 13.9. The monoisotopic (exact) mass is 450 g/mol. The van der Waals surface area contributed by atoms with Gasteiger partial charge in [0.1, 0.15) is 6.17 Å². The third-order valence-electron chi connectivity index (χ3n) is 5.75. The van der Waals surface area contributed by atoms with Crippen molar-refractivity contribution in [2.75, 3.05) is 12.4 Å². The Bertz CT molecular complexity index is 1220. The van der Waals surface area contributed by atoms with Gasteiger partial charge < -0.3 is 10.1 Å². The fourth-order valence-corrected chi connectivity index (χ4v) is 5.74. The Balaban J connectivity index is 1.84. The summed E-state index contributed by atoms with van der Waals surface area (Å²) in [6, 6.07) is 21.3. The van der Waals surface area contributed by atoms with E-state index in [2.05, 4.69) is 5.32 Å². The first kappa shape index (κ1) is 22.0. The molecule has 0 fully saturated rings. The van der Waals surface area contributed by atoms with Gasteiger partial charge in [0.2, 0.25) is 10.0 Å². The van der Waals surface area contributed by atoms with Crippen molar-refractivity contribution >= 4 is 21.7 Å². The van der Waals surface area contributed by atoms with E-state index in [1.807, 2.05) is 62.4 Å². The topological polar surface area (TPSA) is 75.7 Å². The number of carbonyl (C=O) groups excluding carboxylic acids is 1. The molecule has 0 amide bonds. The molecule has 2 atom stereocenters. The van der Waals surface area contributed by atoms with E-state index in [4.69, 9.17) is 4.74 Å². The lowest BCUT2D eigenvalue weighted by Gasteiger charge is -2.30. The SMILES string of the molecule is COC(=O)C[C@@H]1c2ccccc2[C@H](Nc2ccc(C)cc2)N1S(=O)(=O)c1ccc(C)cc1. The minimum atomic E-state index is -3.94. The van der Waals surface area contributed by atoms with Crippen molar-refractivity contribution in [3.05, 3.63) is 95.1 Å². The number of ether oxygens (including phenoxy) is 1. The molecule has 1 heterocycles. The summed E-state index contributed by atoms with van der Waals surface area (Å²) in [5, 5.41) is 3.38. The van der Waals surface area contributed by atoms with Crippen molar-refractivity contribution in [1.29, 1.82) is 0 Å². The van der Waals surface area contributed by atoms with Crippen LogP contribution in [0.15, 0.2) is 77.7 Å². The summed E-state index contributed by atoms with van der Waals surface area (Å²) in [7, 11) is -2.63. The zero-order valence-electron chi connectivity index (χ0n) is 18.3.